The molecule has 198 valence electrons. The Morgan fingerprint density at radius 3 is 2.37 bits per heavy atom. The zero-order valence-corrected chi connectivity index (χ0v) is 22.2. The largest absolute Gasteiger partial charge is 0.497 e. The Bertz CT molecular complexity index is 2080. The van der Waals surface area contributed by atoms with Gasteiger partial charge >= 0.3 is 0 Å². The first-order valence-electron chi connectivity index (χ1n) is 13.4. The molecular formula is C34H24N4O3. The monoisotopic (exact) mass is 536 g/mol. The molecule has 7 heteroatoms. The summed E-state index contributed by atoms with van der Waals surface area (Å²) in [5.41, 5.74) is 3.71. The number of nitrogens with zero attached hydrogens (tertiary/aromatic N) is 4. The molecule has 5 aromatic carbocycles. The lowest BCUT2D eigenvalue weighted by Gasteiger charge is -2.29. The van der Waals surface area contributed by atoms with Gasteiger partial charge in [0, 0.05) is 16.9 Å². The standard InChI is InChI=1S/C34H24N4O3/c1-39-24-16-13-23(14-17-24)30-31-26-11-5-3-8-22(26)15-18-28(31)41-34-32(30)33-36-29(37-38(33)20-35-34)19-40-27-12-6-9-21-7-2-4-10-25(21)27/h2-18,20,30H,19H2,1H3/t30-/m0/s1. The van der Waals surface area contributed by atoms with Crippen molar-refractivity contribution in [2.45, 2.75) is 12.5 Å². The van der Waals surface area contributed by atoms with Gasteiger partial charge in [-0.15, -0.1) is 5.10 Å². The summed E-state index contributed by atoms with van der Waals surface area (Å²) in [7, 11) is 1.67. The number of aromatic nitrogens is 4. The van der Waals surface area contributed by atoms with Crippen molar-refractivity contribution in [1.82, 2.24) is 19.6 Å². The van der Waals surface area contributed by atoms with Crippen molar-refractivity contribution in [1.29, 1.82) is 0 Å². The summed E-state index contributed by atoms with van der Waals surface area (Å²) >= 11 is 0. The van der Waals surface area contributed by atoms with Gasteiger partial charge in [0.2, 0.25) is 5.88 Å². The van der Waals surface area contributed by atoms with Gasteiger partial charge in [-0.1, -0.05) is 78.9 Å². The van der Waals surface area contributed by atoms with Gasteiger partial charge in [-0.25, -0.2) is 14.5 Å². The second-order valence-corrected chi connectivity index (χ2v) is 10.0. The van der Waals surface area contributed by atoms with Gasteiger partial charge in [-0.2, -0.15) is 0 Å². The lowest BCUT2D eigenvalue weighted by atomic mass is 9.81. The maximum Gasteiger partial charge on any atom is 0.228 e. The van der Waals surface area contributed by atoms with Crippen molar-refractivity contribution in [2.75, 3.05) is 7.11 Å². The molecule has 2 aromatic heterocycles. The van der Waals surface area contributed by atoms with E-state index >= 15 is 0 Å². The Hall–Kier alpha value is -5.43. The van der Waals surface area contributed by atoms with Crippen LogP contribution >= 0.6 is 0 Å². The topological polar surface area (TPSA) is 70.8 Å². The van der Waals surface area contributed by atoms with Gasteiger partial charge in [0.25, 0.3) is 0 Å². The Morgan fingerprint density at radius 2 is 1.54 bits per heavy atom. The highest BCUT2D eigenvalue weighted by atomic mass is 16.5. The zero-order chi connectivity index (χ0) is 27.3. The molecule has 0 fully saturated rings. The maximum atomic E-state index is 6.43. The molecule has 0 saturated carbocycles. The van der Waals surface area contributed by atoms with E-state index in [4.69, 9.17) is 24.3 Å². The summed E-state index contributed by atoms with van der Waals surface area (Å²) in [6, 6.07) is 34.8. The number of methoxy groups -OCH3 is 1. The SMILES string of the molecule is COc1ccc([C@H]2c3c(ccc4ccccc34)Oc3ncn4nc(COc5cccc6ccccc56)nc4c32)cc1. The first-order valence-corrected chi connectivity index (χ1v) is 13.4. The third-order valence-electron chi connectivity index (χ3n) is 7.70. The van der Waals surface area contributed by atoms with Crippen molar-refractivity contribution < 1.29 is 14.2 Å². The predicted molar refractivity (Wildman–Crippen MR) is 157 cm³/mol. The average Bonchev–Trinajstić information content (AvgIpc) is 3.46. The fraction of sp³-hybridized carbons (Fsp3) is 0.0882. The molecule has 3 heterocycles. The first-order chi connectivity index (χ1) is 20.3. The summed E-state index contributed by atoms with van der Waals surface area (Å²) in [5, 5.41) is 9.17. The summed E-state index contributed by atoms with van der Waals surface area (Å²) in [6.07, 6.45) is 1.65. The summed E-state index contributed by atoms with van der Waals surface area (Å²) < 4.78 is 19.8. The number of hydrogen-bond donors (Lipinski definition) is 0. The van der Waals surface area contributed by atoms with Crippen molar-refractivity contribution >= 4 is 27.2 Å². The predicted octanol–water partition coefficient (Wildman–Crippen LogP) is 7.30. The molecule has 0 N–H and O–H groups in total. The Kier molecular flexibility index (Phi) is 5.35. The quantitative estimate of drug-likeness (QED) is 0.230. The minimum Gasteiger partial charge on any atom is -0.497 e. The maximum absolute atomic E-state index is 6.43. The second-order valence-electron chi connectivity index (χ2n) is 10.0. The van der Waals surface area contributed by atoms with E-state index < -0.39 is 0 Å². The van der Waals surface area contributed by atoms with E-state index in [1.807, 2.05) is 42.5 Å². The fourth-order valence-corrected chi connectivity index (χ4v) is 5.80. The van der Waals surface area contributed by atoms with E-state index in [0.29, 0.717) is 17.4 Å². The van der Waals surface area contributed by atoms with Crippen LogP contribution in [0.25, 0.3) is 27.2 Å². The third kappa shape index (κ3) is 3.85. The molecule has 0 unspecified atom stereocenters. The van der Waals surface area contributed by atoms with E-state index in [1.54, 1.807) is 18.0 Å². The van der Waals surface area contributed by atoms with Gasteiger partial charge in [0.05, 0.1) is 12.7 Å². The van der Waals surface area contributed by atoms with Crippen molar-refractivity contribution in [3.63, 3.8) is 0 Å². The molecule has 1 aliphatic rings. The summed E-state index contributed by atoms with van der Waals surface area (Å²) in [4.78, 5) is 9.65. The molecule has 7 nitrogen and oxygen atoms in total. The molecule has 8 rings (SSSR count). The lowest BCUT2D eigenvalue weighted by molar-refractivity contribution is 0.299. The molecule has 0 saturated heterocycles. The molecule has 0 radical (unpaired) electrons. The smallest absolute Gasteiger partial charge is 0.228 e. The van der Waals surface area contributed by atoms with Crippen LogP contribution in [-0.2, 0) is 6.61 Å². The van der Waals surface area contributed by atoms with E-state index in [9.17, 15) is 0 Å². The van der Waals surface area contributed by atoms with E-state index in [2.05, 4.69) is 65.6 Å². The van der Waals surface area contributed by atoms with Gasteiger partial charge in [0.15, 0.2) is 11.5 Å². The van der Waals surface area contributed by atoms with Crippen molar-refractivity contribution in [3.05, 3.63) is 132 Å². The molecule has 7 aromatic rings. The highest BCUT2D eigenvalue weighted by Crippen LogP contribution is 2.50. The molecule has 1 atom stereocenters. The lowest BCUT2D eigenvalue weighted by Crippen LogP contribution is -2.15. The van der Waals surface area contributed by atoms with Crippen LogP contribution < -0.4 is 14.2 Å². The Morgan fingerprint density at radius 1 is 0.780 bits per heavy atom. The zero-order valence-electron chi connectivity index (χ0n) is 22.2. The minimum absolute atomic E-state index is 0.182. The Labute approximate surface area is 235 Å². The van der Waals surface area contributed by atoms with Gasteiger partial charge < -0.3 is 14.2 Å². The van der Waals surface area contributed by atoms with Gasteiger partial charge in [0.1, 0.15) is 30.2 Å². The van der Waals surface area contributed by atoms with Crippen LogP contribution in [0.4, 0.5) is 0 Å². The van der Waals surface area contributed by atoms with Crippen molar-refractivity contribution in [3.8, 4) is 23.1 Å². The third-order valence-corrected chi connectivity index (χ3v) is 7.70. The van der Waals surface area contributed by atoms with E-state index in [1.165, 1.54) is 0 Å². The molecule has 0 spiro atoms. The van der Waals surface area contributed by atoms with Gasteiger partial charge in [-0.3, -0.25) is 0 Å². The molecular weight excluding hydrogens is 512 g/mol. The number of fused-ring (bicyclic) bond motifs is 7. The van der Waals surface area contributed by atoms with E-state index in [-0.39, 0.29) is 12.5 Å². The molecule has 1 aliphatic heterocycles. The van der Waals surface area contributed by atoms with Crippen LogP contribution in [0.15, 0.2) is 109 Å². The number of benzene rings is 5. The molecule has 0 aliphatic carbocycles. The normalized spacial score (nSPS) is 14.0. The van der Waals surface area contributed by atoms with Crippen LogP contribution in [0.5, 0.6) is 23.1 Å². The number of rotatable bonds is 5. The summed E-state index contributed by atoms with van der Waals surface area (Å²) in [5.74, 6) is 3.28. The van der Waals surface area contributed by atoms with Crippen LogP contribution in [0.1, 0.15) is 28.4 Å². The van der Waals surface area contributed by atoms with E-state index in [0.717, 1.165) is 55.5 Å². The summed E-state index contributed by atoms with van der Waals surface area (Å²) in [6.45, 7) is 0.220. The van der Waals surface area contributed by atoms with Crippen LogP contribution in [0, 0.1) is 0 Å². The van der Waals surface area contributed by atoms with Crippen LogP contribution in [-0.4, -0.2) is 26.7 Å². The van der Waals surface area contributed by atoms with Gasteiger partial charge in [-0.05, 0) is 46.0 Å². The minimum atomic E-state index is -0.182. The molecule has 0 bridgehead atoms. The molecule has 41 heavy (non-hydrogen) atoms. The average molecular weight is 537 g/mol. The highest BCUT2D eigenvalue weighted by molar-refractivity contribution is 5.91. The highest BCUT2D eigenvalue weighted by Gasteiger charge is 2.34. The molecule has 0 amide bonds. The number of hydrogen-bond acceptors (Lipinski definition) is 6. The Balaban J connectivity index is 1.27. The van der Waals surface area contributed by atoms with Crippen LogP contribution in [0.2, 0.25) is 0 Å². The van der Waals surface area contributed by atoms with Crippen molar-refractivity contribution in [2.24, 2.45) is 0 Å². The second kappa shape index (κ2) is 9.34. The fourth-order valence-electron chi connectivity index (χ4n) is 5.80. The number of ether oxygens (including phenoxy) is 3. The van der Waals surface area contributed by atoms with Crippen LogP contribution in [0.3, 0.4) is 0 Å². The first kappa shape index (κ1) is 23.5.